The van der Waals surface area contributed by atoms with E-state index in [9.17, 15) is 9.59 Å². The van der Waals surface area contributed by atoms with Crippen LogP contribution in [0.25, 0.3) is 4.96 Å². The summed E-state index contributed by atoms with van der Waals surface area (Å²) < 4.78 is 6.39. The Morgan fingerprint density at radius 3 is 2.62 bits per heavy atom. The number of aromatic nitrogens is 4. The first-order valence-electron chi connectivity index (χ1n) is 8.17. The zero-order valence-corrected chi connectivity index (χ0v) is 15.5. The highest BCUT2D eigenvalue weighted by atomic mass is 32.1. The molecule has 3 rings (SSSR count). The first-order valence-corrected chi connectivity index (χ1v) is 8.99. The van der Waals surface area contributed by atoms with Crippen LogP contribution < -0.4 is 5.32 Å². The van der Waals surface area contributed by atoms with Crippen molar-refractivity contribution >= 4 is 33.9 Å². The molecule has 136 valence electrons. The molecule has 2 heterocycles. The molecule has 2 aromatic heterocycles. The number of fused-ring (bicyclic) bond motifs is 1. The number of anilines is 1. The fourth-order valence-electron chi connectivity index (χ4n) is 2.38. The highest BCUT2D eigenvalue weighted by molar-refractivity contribution is 7.16. The number of aryl methyl sites for hydroxylation is 1. The van der Waals surface area contributed by atoms with Crippen molar-refractivity contribution in [2.24, 2.45) is 0 Å². The van der Waals surface area contributed by atoms with E-state index in [1.807, 2.05) is 13.8 Å². The molecule has 1 N–H and O–H groups in total. The van der Waals surface area contributed by atoms with Gasteiger partial charge in [-0.2, -0.15) is 9.61 Å². The van der Waals surface area contributed by atoms with Crippen LogP contribution in [0.15, 0.2) is 24.3 Å². The number of hydrogen-bond donors (Lipinski definition) is 1. The average molecular weight is 373 g/mol. The van der Waals surface area contributed by atoms with E-state index >= 15 is 0 Å². The molecule has 0 fully saturated rings. The van der Waals surface area contributed by atoms with E-state index in [1.54, 1.807) is 28.8 Å². The van der Waals surface area contributed by atoms with E-state index in [2.05, 4.69) is 25.3 Å². The Hall–Kier alpha value is -2.81. The lowest BCUT2D eigenvalue weighted by atomic mass is 10.2. The molecule has 26 heavy (non-hydrogen) atoms. The van der Waals surface area contributed by atoms with Crippen LogP contribution in [0, 0.1) is 0 Å². The molecule has 8 nitrogen and oxygen atoms in total. The number of hydrogen-bond acceptors (Lipinski definition) is 7. The number of nitrogens with one attached hydrogen (secondary N) is 1. The van der Waals surface area contributed by atoms with Crippen LogP contribution in [0.4, 0.5) is 5.69 Å². The Bertz CT molecular complexity index is 930. The number of benzene rings is 1. The quantitative estimate of drug-likeness (QED) is 0.667. The van der Waals surface area contributed by atoms with Crippen LogP contribution in [0.5, 0.6) is 0 Å². The minimum atomic E-state index is -0.410. The minimum absolute atomic E-state index is 0.120. The van der Waals surface area contributed by atoms with Gasteiger partial charge in [-0.3, -0.25) is 4.79 Å². The minimum Gasteiger partial charge on any atom is -0.465 e. The second-order valence-corrected chi connectivity index (χ2v) is 7.06. The fraction of sp³-hybridized carbons (Fsp3) is 0.353. The Labute approximate surface area is 154 Å². The molecule has 0 spiro atoms. The molecular formula is C17H19N5O3S. The normalized spacial score (nSPS) is 11.1. The molecule has 0 saturated heterocycles. The Balaban J connectivity index is 1.58. The molecule has 0 bridgehead atoms. The molecule has 1 aromatic carbocycles. The zero-order valence-electron chi connectivity index (χ0n) is 14.7. The molecule has 0 radical (unpaired) electrons. The summed E-state index contributed by atoms with van der Waals surface area (Å²) in [6, 6.07) is 6.56. The lowest BCUT2D eigenvalue weighted by molar-refractivity contribution is -0.116. The highest BCUT2D eigenvalue weighted by Gasteiger charge is 2.15. The van der Waals surface area contributed by atoms with Crippen LogP contribution in [0.2, 0.25) is 0 Å². The molecule has 1 amide bonds. The number of carbonyl (C=O) groups is 2. The van der Waals surface area contributed by atoms with Gasteiger partial charge >= 0.3 is 5.97 Å². The van der Waals surface area contributed by atoms with Gasteiger partial charge in [-0.1, -0.05) is 25.2 Å². The van der Waals surface area contributed by atoms with E-state index in [1.165, 1.54) is 18.4 Å². The van der Waals surface area contributed by atoms with Gasteiger partial charge in [0.25, 0.3) is 0 Å². The molecule has 0 saturated carbocycles. The summed E-state index contributed by atoms with van der Waals surface area (Å²) in [5.41, 5.74) is 1.06. The maximum Gasteiger partial charge on any atom is 0.337 e. The molecule has 9 heteroatoms. The summed E-state index contributed by atoms with van der Waals surface area (Å²) in [6.07, 6.45) is 0.831. The van der Waals surface area contributed by atoms with Crippen LogP contribution in [-0.2, 0) is 16.0 Å². The number of ether oxygens (including phenoxy) is 1. The van der Waals surface area contributed by atoms with Gasteiger partial charge in [0.2, 0.25) is 10.9 Å². The highest BCUT2D eigenvalue weighted by Crippen LogP contribution is 2.19. The molecule has 0 aliphatic rings. The van der Waals surface area contributed by atoms with E-state index in [0.717, 1.165) is 15.8 Å². The van der Waals surface area contributed by atoms with Gasteiger partial charge in [0.05, 0.1) is 12.7 Å². The van der Waals surface area contributed by atoms with Gasteiger partial charge in [-0.05, 0) is 24.3 Å². The van der Waals surface area contributed by atoms with Crippen LogP contribution in [-0.4, -0.2) is 38.8 Å². The summed E-state index contributed by atoms with van der Waals surface area (Å²) in [6.45, 7) is 4.07. The van der Waals surface area contributed by atoms with Crippen molar-refractivity contribution in [1.82, 2.24) is 19.8 Å². The van der Waals surface area contributed by atoms with E-state index in [4.69, 9.17) is 0 Å². The lowest BCUT2D eigenvalue weighted by Crippen LogP contribution is -2.12. The molecule has 0 aliphatic carbocycles. The molecular weight excluding hydrogens is 354 g/mol. The smallest absolute Gasteiger partial charge is 0.337 e. The van der Waals surface area contributed by atoms with Crippen molar-refractivity contribution in [2.75, 3.05) is 12.4 Å². The predicted molar refractivity (Wildman–Crippen MR) is 97.5 cm³/mol. The zero-order chi connectivity index (χ0) is 18.7. The van der Waals surface area contributed by atoms with Crippen molar-refractivity contribution in [1.29, 1.82) is 0 Å². The third-order valence-corrected chi connectivity index (χ3v) is 4.69. The van der Waals surface area contributed by atoms with Gasteiger partial charge in [0, 0.05) is 24.4 Å². The average Bonchev–Trinajstić information content (AvgIpc) is 3.20. The SMILES string of the molecule is COC(=O)c1ccc(NC(=O)CCc2nn3c(C(C)C)nnc3s2)cc1. The molecule has 0 aliphatic heterocycles. The van der Waals surface area contributed by atoms with Crippen LogP contribution >= 0.6 is 11.3 Å². The van der Waals surface area contributed by atoms with E-state index in [0.29, 0.717) is 24.1 Å². The topological polar surface area (TPSA) is 98.5 Å². The number of carbonyl (C=O) groups excluding carboxylic acids is 2. The Morgan fingerprint density at radius 1 is 1.23 bits per heavy atom. The number of amides is 1. The number of nitrogens with zero attached hydrogens (tertiary/aromatic N) is 4. The van der Waals surface area contributed by atoms with Crippen molar-refractivity contribution < 1.29 is 14.3 Å². The summed E-state index contributed by atoms with van der Waals surface area (Å²) in [4.78, 5) is 24.3. The third kappa shape index (κ3) is 3.88. The Morgan fingerprint density at radius 2 is 1.96 bits per heavy atom. The Kier molecular flexibility index (Phi) is 5.27. The fourth-order valence-corrected chi connectivity index (χ4v) is 3.22. The van der Waals surface area contributed by atoms with Crippen molar-refractivity contribution in [3.05, 3.63) is 40.7 Å². The summed E-state index contributed by atoms with van der Waals surface area (Å²) in [5, 5.41) is 16.4. The van der Waals surface area contributed by atoms with E-state index in [-0.39, 0.29) is 11.8 Å². The first-order chi connectivity index (χ1) is 12.5. The van der Waals surface area contributed by atoms with Gasteiger partial charge in [-0.15, -0.1) is 10.2 Å². The monoisotopic (exact) mass is 373 g/mol. The number of esters is 1. The van der Waals surface area contributed by atoms with Crippen molar-refractivity contribution in [3.8, 4) is 0 Å². The molecule has 0 atom stereocenters. The molecule has 3 aromatic rings. The second kappa shape index (κ2) is 7.61. The first kappa shape index (κ1) is 18.0. The van der Waals surface area contributed by atoms with Gasteiger partial charge in [0.15, 0.2) is 5.82 Å². The summed E-state index contributed by atoms with van der Waals surface area (Å²) in [7, 11) is 1.33. The van der Waals surface area contributed by atoms with Gasteiger partial charge in [-0.25, -0.2) is 4.79 Å². The van der Waals surface area contributed by atoms with Crippen molar-refractivity contribution in [3.63, 3.8) is 0 Å². The lowest BCUT2D eigenvalue weighted by Gasteiger charge is -2.05. The number of methoxy groups -OCH3 is 1. The van der Waals surface area contributed by atoms with Gasteiger partial charge < -0.3 is 10.1 Å². The van der Waals surface area contributed by atoms with Crippen LogP contribution in [0.3, 0.4) is 0 Å². The summed E-state index contributed by atoms with van der Waals surface area (Å²) in [5.74, 6) is 0.520. The third-order valence-electron chi connectivity index (χ3n) is 3.73. The maximum atomic E-state index is 12.1. The number of rotatable bonds is 6. The molecule has 0 unspecified atom stereocenters. The predicted octanol–water partition coefficient (Wildman–Crippen LogP) is 2.67. The summed E-state index contributed by atoms with van der Waals surface area (Å²) >= 11 is 1.44. The largest absolute Gasteiger partial charge is 0.465 e. The van der Waals surface area contributed by atoms with Crippen LogP contribution in [0.1, 0.15) is 47.4 Å². The maximum absolute atomic E-state index is 12.1. The second-order valence-electron chi connectivity index (χ2n) is 6.02. The van der Waals surface area contributed by atoms with Gasteiger partial charge in [0.1, 0.15) is 5.01 Å². The van der Waals surface area contributed by atoms with Crippen molar-refractivity contribution in [2.45, 2.75) is 32.6 Å². The standard InChI is InChI=1S/C17H19N5O3S/c1-10(2)15-19-20-17-22(15)21-14(26-17)9-8-13(23)18-12-6-4-11(5-7-12)16(24)25-3/h4-7,10H,8-9H2,1-3H3,(H,18,23). The van der Waals surface area contributed by atoms with E-state index < -0.39 is 5.97 Å².